The van der Waals surface area contributed by atoms with Gasteiger partial charge in [-0.3, -0.25) is 9.36 Å². The maximum absolute atomic E-state index is 12.3. The summed E-state index contributed by atoms with van der Waals surface area (Å²) < 4.78 is 7.36. The van der Waals surface area contributed by atoms with Crippen LogP contribution in [0.5, 0.6) is 0 Å². The van der Waals surface area contributed by atoms with Crippen LogP contribution >= 0.6 is 11.8 Å². The maximum atomic E-state index is 12.3. The first kappa shape index (κ1) is 19.2. The molecule has 27 heavy (non-hydrogen) atoms. The highest BCUT2D eigenvalue weighted by molar-refractivity contribution is 7.99. The fourth-order valence-electron chi connectivity index (χ4n) is 2.82. The second-order valence-corrected chi connectivity index (χ2v) is 7.25. The first-order valence-electron chi connectivity index (χ1n) is 9.10. The molecule has 0 saturated heterocycles. The van der Waals surface area contributed by atoms with Crippen LogP contribution in [0, 0.1) is 0 Å². The van der Waals surface area contributed by atoms with Crippen LogP contribution < -0.4 is 5.32 Å². The number of rotatable bonds is 9. The number of amides is 1. The Balaban J connectivity index is 1.49. The number of hydrogen-bond donors (Lipinski definition) is 1. The molecule has 142 valence electrons. The van der Waals surface area contributed by atoms with Gasteiger partial charge in [0.1, 0.15) is 0 Å². The molecular formula is C20H24N4O2S. The largest absolute Gasteiger partial charge is 0.461 e. The molecule has 3 aromatic rings. The van der Waals surface area contributed by atoms with Crippen LogP contribution in [-0.2, 0) is 17.8 Å². The van der Waals surface area contributed by atoms with Crippen molar-refractivity contribution in [1.82, 2.24) is 20.1 Å². The fourth-order valence-corrected chi connectivity index (χ4v) is 3.63. The third-order valence-electron chi connectivity index (χ3n) is 4.22. The van der Waals surface area contributed by atoms with Gasteiger partial charge in [-0.25, -0.2) is 0 Å². The Hall–Kier alpha value is -2.54. The number of furan rings is 1. The van der Waals surface area contributed by atoms with Crippen molar-refractivity contribution in [2.24, 2.45) is 0 Å². The van der Waals surface area contributed by atoms with Crippen LogP contribution in [-0.4, -0.2) is 32.5 Å². The molecule has 0 radical (unpaired) electrons. The number of aryl methyl sites for hydroxylation is 1. The molecule has 1 atom stereocenters. The van der Waals surface area contributed by atoms with Gasteiger partial charge in [-0.15, -0.1) is 10.2 Å². The molecule has 0 saturated carbocycles. The van der Waals surface area contributed by atoms with E-state index >= 15 is 0 Å². The van der Waals surface area contributed by atoms with E-state index in [-0.39, 0.29) is 11.9 Å². The summed E-state index contributed by atoms with van der Waals surface area (Å²) in [4.78, 5) is 12.3. The zero-order valence-corrected chi connectivity index (χ0v) is 16.4. The second-order valence-electron chi connectivity index (χ2n) is 6.31. The van der Waals surface area contributed by atoms with E-state index in [2.05, 4.69) is 27.6 Å². The van der Waals surface area contributed by atoms with Gasteiger partial charge < -0.3 is 9.73 Å². The molecule has 0 aliphatic carbocycles. The van der Waals surface area contributed by atoms with E-state index in [0.29, 0.717) is 23.9 Å². The van der Waals surface area contributed by atoms with Gasteiger partial charge in [0.05, 0.1) is 12.0 Å². The minimum Gasteiger partial charge on any atom is -0.461 e. The van der Waals surface area contributed by atoms with Gasteiger partial charge in [0.2, 0.25) is 5.91 Å². The van der Waals surface area contributed by atoms with E-state index in [0.717, 1.165) is 18.0 Å². The van der Waals surface area contributed by atoms with Gasteiger partial charge in [-0.1, -0.05) is 42.1 Å². The van der Waals surface area contributed by atoms with Crippen molar-refractivity contribution in [3.63, 3.8) is 0 Å². The number of benzene rings is 1. The van der Waals surface area contributed by atoms with Crippen molar-refractivity contribution in [3.8, 4) is 11.6 Å². The summed E-state index contributed by atoms with van der Waals surface area (Å²) in [6, 6.07) is 14.1. The molecule has 3 rings (SSSR count). The summed E-state index contributed by atoms with van der Waals surface area (Å²) in [6.45, 7) is 4.76. The predicted octanol–water partition coefficient (Wildman–Crippen LogP) is 3.79. The van der Waals surface area contributed by atoms with Crippen LogP contribution in [0.25, 0.3) is 11.6 Å². The van der Waals surface area contributed by atoms with Gasteiger partial charge in [0.15, 0.2) is 16.7 Å². The molecule has 0 aliphatic rings. The summed E-state index contributed by atoms with van der Waals surface area (Å²) in [5, 5.41) is 12.2. The lowest BCUT2D eigenvalue weighted by molar-refractivity contribution is -0.119. The van der Waals surface area contributed by atoms with Gasteiger partial charge >= 0.3 is 0 Å². The Morgan fingerprint density at radius 1 is 1.22 bits per heavy atom. The average Bonchev–Trinajstić information content (AvgIpc) is 3.34. The SMILES string of the molecule is CCn1c(SCC(=O)NC(C)CCc2ccccc2)nnc1-c1ccco1. The van der Waals surface area contributed by atoms with E-state index in [1.165, 1.54) is 17.3 Å². The molecule has 1 amide bonds. The van der Waals surface area contributed by atoms with Crippen LogP contribution in [0.15, 0.2) is 58.3 Å². The number of hydrogen-bond acceptors (Lipinski definition) is 5. The Morgan fingerprint density at radius 2 is 2.04 bits per heavy atom. The highest BCUT2D eigenvalue weighted by Gasteiger charge is 2.16. The number of thioether (sulfide) groups is 1. The first-order chi connectivity index (χ1) is 13.2. The van der Waals surface area contributed by atoms with Gasteiger partial charge in [-0.2, -0.15) is 0 Å². The van der Waals surface area contributed by atoms with E-state index in [1.54, 1.807) is 6.26 Å². The standard InChI is InChI=1S/C20H24N4O2S/c1-3-24-19(17-10-7-13-26-17)22-23-20(24)27-14-18(25)21-15(2)11-12-16-8-5-4-6-9-16/h4-10,13,15H,3,11-12,14H2,1-2H3,(H,21,25). The Kier molecular flexibility index (Phi) is 6.70. The molecule has 2 aromatic heterocycles. The number of nitrogens with one attached hydrogen (secondary N) is 1. The Labute approximate surface area is 163 Å². The van der Waals surface area contributed by atoms with Gasteiger partial charge in [0, 0.05) is 12.6 Å². The third kappa shape index (κ3) is 5.23. The second kappa shape index (κ2) is 9.41. The summed E-state index contributed by atoms with van der Waals surface area (Å²) in [5.74, 6) is 1.67. The van der Waals surface area contributed by atoms with Crippen molar-refractivity contribution < 1.29 is 9.21 Å². The third-order valence-corrected chi connectivity index (χ3v) is 5.19. The van der Waals surface area contributed by atoms with Crippen LogP contribution in [0.3, 0.4) is 0 Å². The molecule has 0 fully saturated rings. The molecule has 7 heteroatoms. The molecule has 0 bridgehead atoms. The summed E-state index contributed by atoms with van der Waals surface area (Å²) >= 11 is 1.39. The molecule has 1 N–H and O–H groups in total. The molecule has 0 aliphatic heterocycles. The van der Waals surface area contributed by atoms with Crippen molar-refractivity contribution in [2.45, 2.75) is 44.4 Å². The molecule has 6 nitrogen and oxygen atoms in total. The summed E-state index contributed by atoms with van der Waals surface area (Å²) in [7, 11) is 0. The van der Waals surface area contributed by atoms with Crippen LogP contribution in [0.2, 0.25) is 0 Å². The van der Waals surface area contributed by atoms with E-state index in [9.17, 15) is 4.79 Å². The first-order valence-corrected chi connectivity index (χ1v) is 10.1. The van der Waals surface area contributed by atoms with E-state index < -0.39 is 0 Å². The molecule has 1 aromatic carbocycles. The number of aromatic nitrogens is 3. The van der Waals surface area contributed by atoms with Gasteiger partial charge in [0.25, 0.3) is 0 Å². The summed E-state index contributed by atoms with van der Waals surface area (Å²) in [6.07, 6.45) is 3.47. The fraction of sp³-hybridized carbons (Fsp3) is 0.350. The number of carbonyl (C=O) groups excluding carboxylic acids is 1. The van der Waals surface area contributed by atoms with Crippen LogP contribution in [0.4, 0.5) is 0 Å². The van der Waals surface area contributed by atoms with Gasteiger partial charge in [-0.05, 0) is 44.4 Å². The predicted molar refractivity (Wildman–Crippen MR) is 106 cm³/mol. The molecule has 2 heterocycles. The lowest BCUT2D eigenvalue weighted by Crippen LogP contribution is -2.34. The monoisotopic (exact) mass is 384 g/mol. The number of nitrogens with zero attached hydrogens (tertiary/aromatic N) is 3. The highest BCUT2D eigenvalue weighted by atomic mass is 32.2. The lowest BCUT2D eigenvalue weighted by atomic mass is 10.1. The van der Waals surface area contributed by atoms with Crippen molar-refractivity contribution in [3.05, 3.63) is 54.3 Å². The smallest absolute Gasteiger partial charge is 0.230 e. The maximum Gasteiger partial charge on any atom is 0.230 e. The topological polar surface area (TPSA) is 73.0 Å². The van der Waals surface area contributed by atoms with Crippen molar-refractivity contribution >= 4 is 17.7 Å². The summed E-state index contributed by atoms with van der Waals surface area (Å²) in [5.41, 5.74) is 1.29. The zero-order valence-electron chi connectivity index (χ0n) is 15.6. The van der Waals surface area contributed by atoms with Crippen LogP contribution in [0.1, 0.15) is 25.8 Å². The Bertz CT molecular complexity index is 846. The average molecular weight is 385 g/mol. The van der Waals surface area contributed by atoms with E-state index in [1.807, 2.05) is 48.7 Å². The zero-order chi connectivity index (χ0) is 19.1. The van der Waals surface area contributed by atoms with E-state index in [4.69, 9.17) is 4.42 Å². The Morgan fingerprint density at radius 3 is 2.74 bits per heavy atom. The minimum absolute atomic E-state index is 0.00534. The van der Waals surface area contributed by atoms with Crippen molar-refractivity contribution in [2.75, 3.05) is 5.75 Å². The number of carbonyl (C=O) groups is 1. The van der Waals surface area contributed by atoms with Crippen molar-refractivity contribution in [1.29, 1.82) is 0 Å². The quantitative estimate of drug-likeness (QED) is 0.568. The molecule has 0 spiro atoms. The highest BCUT2D eigenvalue weighted by Crippen LogP contribution is 2.24. The minimum atomic E-state index is 0.00534. The lowest BCUT2D eigenvalue weighted by Gasteiger charge is -2.13. The normalized spacial score (nSPS) is 12.1. The molecule has 1 unspecified atom stereocenters. The molecular weight excluding hydrogens is 360 g/mol.